The van der Waals surface area contributed by atoms with Gasteiger partial charge in [0.05, 0.1) is 24.3 Å². The molecule has 0 unspecified atom stereocenters. The fourth-order valence-corrected chi connectivity index (χ4v) is 3.75. The van der Waals surface area contributed by atoms with Crippen molar-refractivity contribution in [2.75, 3.05) is 6.61 Å². The maximum absolute atomic E-state index is 13.0. The quantitative estimate of drug-likeness (QED) is 0.470. The summed E-state index contributed by atoms with van der Waals surface area (Å²) in [5, 5.41) is 32.0. The van der Waals surface area contributed by atoms with Crippen LogP contribution in [-0.4, -0.2) is 35.8 Å². The molecular formula is C25H26N4O5. The number of rotatable bonds is 9. The minimum atomic E-state index is -1.03. The standard InChI is InChI=1S/C25H26N4O5/c26-11-1-2-12-33-22-13-18(14-23(15-22)34-21-9-3-17(16-27)4-10-21)24(30)28-19-5-7-20(8-6-19)29-25(31)32/h3-4,9-10,13-15,19-20,29H,1-2,5-8,12H2,(H,28,30)(H,31,32). The first kappa shape index (κ1) is 24.4. The monoisotopic (exact) mass is 462 g/mol. The molecule has 0 aliphatic heterocycles. The van der Waals surface area contributed by atoms with Crippen molar-refractivity contribution >= 4 is 12.0 Å². The van der Waals surface area contributed by atoms with Gasteiger partial charge in [0.2, 0.25) is 0 Å². The van der Waals surface area contributed by atoms with E-state index in [1.165, 1.54) is 0 Å². The van der Waals surface area contributed by atoms with E-state index in [1.54, 1.807) is 42.5 Å². The normalized spacial score (nSPS) is 17.0. The second kappa shape index (κ2) is 12.1. The van der Waals surface area contributed by atoms with Crippen molar-refractivity contribution in [3.05, 3.63) is 53.6 Å². The zero-order valence-electron chi connectivity index (χ0n) is 18.6. The SMILES string of the molecule is N#CCCCOc1cc(Oc2ccc(C#N)cc2)cc(C(=O)NC2CCC(NC(=O)O)CC2)c1. The molecule has 1 aliphatic rings. The molecule has 176 valence electrons. The van der Waals surface area contributed by atoms with Crippen LogP contribution < -0.4 is 20.1 Å². The van der Waals surface area contributed by atoms with Gasteiger partial charge in [-0.05, 0) is 68.5 Å². The molecule has 9 heteroatoms. The van der Waals surface area contributed by atoms with Crippen LogP contribution in [0.2, 0.25) is 0 Å². The Morgan fingerprint density at radius 1 is 0.941 bits per heavy atom. The predicted molar refractivity (Wildman–Crippen MR) is 123 cm³/mol. The lowest BCUT2D eigenvalue weighted by atomic mass is 9.91. The Balaban J connectivity index is 1.70. The highest BCUT2D eigenvalue weighted by Crippen LogP contribution is 2.28. The van der Waals surface area contributed by atoms with Gasteiger partial charge in [-0.15, -0.1) is 0 Å². The van der Waals surface area contributed by atoms with Crippen molar-refractivity contribution < 1.29 is 24.2 Å². The van der Waals surface area contributed by atoms with Gasteiger partial charge in [0.25, 0.3) is 5.91 Å². The summed E-state index contributed by atoms with van der Waals surface area (Å²) in [5.41, 5.74) is 0.877. The molecular weight excluding hydrogens is 436 g/mol. The molecule has 2 amide bonds. The average Bonchev–Trinajstić information content (AvgIpc) is 2.83. The van der Waals surface area contributed by atoms with Gasteiger partial charge in [0.15, 0.2) is 0 Å². The van der Waals surface area contributed by atoms with Crippen LogP contribution in [0.25, 0.3) is 0 Å². The van der Waals surface area contributed by atoms with Crippen molar-refractivity contribution in [1.29, 1.82) is 10.5 Å². The summed E-state index contributed by atoms with van der Waals surface area (Å²) in [6, 6.07) is 15.5. The number of carbonyl (C=O) groups excluding carboxylic acids is 1. The van der Waals surface area contributed by atoms with E-state index in [0.717, 1.165) is 0 Å². The third kappa shape index (κ3) is 7.42. The highest BCUT2D eigenvalue weighted by atomic mass is 16.5. The van der Waals surface area contributed by atoms with Crippen molar-refractivity contribution in [2.24, 2.45) is 0 Å². The van der Waals surface area contributed by atoms with E-state index in [4.69, 9.17) is 25.1 Å². The Morgan fingerprint density at radius 3 is 2.21 bits per heavy atom. The van der Waals surface area contributed by atoms with Crippen LogP contribution in [0.3, 0.4) is 0 Å². The fraction of sp³-hybridized carbons (Fsp3) is 0.360. The van der Waals surface area contributed by atoms with Crippen molar-refractivity contribution in [3.8, 4) is 29.4 Å². The number of carboxylic acid groups (broad SMARTS) is 1. The van der Waals surface area contributed by atoms with Crippen LogP contribution in [0.15, 0.2) is 42.5 Å². The lowest BCUT2D eigenvalue weighted by Crippen LogP contribution is -2.43. The minimum absolute atomic E-state index is 0.0533. The van der Waals surface area contributed by atoms with E-state index < -0.39 is 6.09 Å². The molecule has 3 rings (SSSR count). The number of nitrogens with one attached hydrogen (secondary N) is 2. The summed E-state index contributed by atoms with van der Waals surface area (Å²) in [6.07, 6.45) is 2.57. The van der Waals surface area contributed by atoms with Crippen molar-refractivity contribution in [2.45, 2.75) is 50.6 Å². The topological polar surface area (TPSA) is 144 Å². The molecule has 3 N–H and O–H groups in total. The lowest BCUT2D eigenvalue weighted by molar-refractivity contribution is 0.0922. The fourth-order valence-electron chi connectivity index (χ4n) is 3.75. The van der Waals surface area contributed by atoms with E-state index in [1.807, 2.05) is 0 Å². The lowest BCUT2D eigenvalue weighted by Gasteiger charge is -2.29. The number of nitrogens with zero attached hydrogens (tertiary/aromatic N) is 2. The molecule has 0 saturated heterocycles. The van der Waals surface area contributed by atoms with Gasteiger partial charge in [0.1, 0.15) is 17.2 Å². The summed E-state index contributed by atoms with van der Waals surface area (Å²) < 4.78 is 11.6. The smallest absolute Gasteiger partial charge is 0.404 e. The van der Waals surface area contributed by atoms with Crippen molar-refractivity contribution in [1.82, 2.24) is 10.6 Å². The molecule has 0 bridgehead atoms. The molecule has 1 fully saturated rings. The van der Waals surface area contributed by atoms with Gasteiger partial charge in [-0.1, -0.05) is 0 Å². The van der Waals surface area contributed by atoms with Gasteiger partial charge in [-0.25, -0.2) is 4.79 Å². The zero-order chi connectivity index (χ0) is 24.3. The molecule has 1 aliphatic carbocycles. The summed E-state index contributed by atoms with van der Waals surface area (Å²) in [6.45, 7) is 0.329. The number of hydrogen-bond donors (Lipinski definition) is 3. The molecule has 0 heterocycles. The van der Waals surface area contributed by atoms with Gasteiger partial charge in [0, 0.05) is 30.1 Å². The Hall–Kier alpha value is -4.24. The number of unbranched alkanes of at least 4 members (excludes halogenated alkanes) is 1. The first-order valence-electron chi connectivity index (χ1n) is 11.1. The molecule has 0 spiro atoms. The van der Waals surface area contributed by atoms with Crippen molar-refractivity contribution in [3.63, 3.8) is 0 Å². The molecule has 0 aromatic heterocycles. The van der Waals surface area contributed by atoms with Crippen LogP contribution in [0.4, 0.5) is 4.79 Å². The van der Waals surface area contributed by atoms with Gasteiger partial charge in [-0.2, -0.15) is 10.5 Å². The number of amides is 2. The maximum atomic E-state index is 13.0. The van der Waals surface area contributed by atoms with E-state index in [2.05, 4.69) is 22.8 Å². The average molecular weight is 463 g/mol. The summed E-state index contributed by atoms with van der Waals surface area (Å²) in [7, 11) is 0. The molecule has 0 atom stereocenters. The Morgan fingerprint density at radius 2 is 1.59 bits per heavy atom. The second-order valence-corrected chi connectivity index (χ2v) is 8.01. The third-order valence-corrected chi connectivity index (χ3v) is 5.45. The molecule has 0 radical (unpaired) electrons. The molecule has 9 nitrogen and oxygen atoms in total. The number of carbonyl (C=O) groups is 2. The molecule has 34 heavy (non-hydrogen) atoms. The first-order valence-corrected chi connectivity index (χ1v) is 11.1. The van der Waals surface area contributed by atoms with Gasteiger partial charge in [-0.3, -0.25) is 4.79 Å². The van der Waals surface area contributed by atoms with E-state index in [0.29, 0.717) is 73.5 Å². The van der Waals surface area contributed by atoms with E-state index in [9.17, 15) is 9.59 Å². The van der Waals surface area contributed by atoms with Crippen LogP contribution in [-0.2, 0) is 0 Å². The predicted octanol–water partition coefficient (Wildman–Crippen LogP) is 4.34. The van der Waals surface area contributed by atoms with E-state index >= 15 is 0 Å². The Kier molecular flexibility index (Phi) is 8.70. The molecule has 2 aromatic carbocycles. The number of benzene rings is 2. The second-order valence-electron chi connectivity index (χ2n) is 8.01. The van der Waals surface area contributed by atoms with Crippen LogP contribution in [0.5, 0.6) is 17.2 Å². The molecule has 2 aromatic rings. The van der Waals surface area contributed by atoms with Crippen LogP contribution in [0.1, 0.15) is 54.4 Å². The van der Waals surface area contributed by atoms with Crippen LogP contribution >= 0.6 is 0 Å². The largest absolute Gasteiger partial charge is 0.493 e. The van der Waals surface area contributed by atoms with Gasteiger partial charge < -0.3 is 25.2 Å². The Bertz CT molecular complexity index is 1080. The minimum Gasteiger partial charge on any atom is -0.493 e. The number of nitriles is 2. The Labute approximate surface area is 197 Å². The van der Waals surface area contributed by atoms with Gasteiger partial charge >= 0.3 is 6.09 Å². The highest BCUT2D eigenvalue weighted by Gasteiger charge is 2.24. The third-order valence-electron chi connectivity index (χ3n) is 5.45. The summed E-state index contributed by atoms with van der Waals surface area (Å²) in [5.74, 6) is 1.09. The number of hydrogen-bond acceptors (Lipinski definition) is 6. The first-order chi connectivity index (χ1) is 16.5. The van der Waals surface area contributed by atoms with E-state index in [-0.39, 0.29) is 18.0 Å². The van der Waals surface area contributed by atoms with Crippen LogP contribution in [0, 0.1) is 22.7 Å². The summed E-state index contributed by atoms with van der Waals surface area (Å²) >= 11 is 0. The molecule has 1 saturated carbocycles. The summed E-state index contributed by atoms with van der Waals surface area (Å²) in [4.78, 5) is 23.8. The highest BCUT2D eigenvalue weighted by molar-refractivity contribution is 5.95. The number of ether oxygens (including phenoxy) is 2. The maximum Gasteiger partial charge on any atom is 0.404 e. The zero-order valence-corrected chi connectivity index (χ0v) is 18.6.